The van der Waals surface area contributed by atoms with Crippen LogP contribution in [-0.2, 0) is 6.18 Å². The van der Waals surface area contributed by atoms with Gasteiger partial charge in [-0.05, 0) is 45.4 Å². The lowest BCUT2D eigenvalue weighted by molar-refractivity contribution is -0.139. The molecule has 1 aliphatic heterocycles. The Labute approximate surface area is 128 Å². The van der Waals surface area contributed by atoms with Gasteiger partial charge in [-0.1, -0.05) is 0 Å². The molecule has 0 aliphatic carbocycles. The molecule has 1 saturated heterocycles. The zero-order valence-electron chi connectivity index (χ0n) is 12.9. The zero-order valence-corrected chi connectivity index (χ0v) is 12.9. The highest BCUT2D eigenvalue weighted by Crippen LogP contribution is 2.43. The second kappa shape index (κ2) is 7.22. The van der Waals surface area contributed by atoms with Gasteiger partial charge in [0, 0.05) is 18.0 Å². The standard InChI is InChI=1S/C16H22F3NO2/c1-3-21-14-9-13(16(17,18)19)15(22-4-2)8-12(14)11-6-5-7-20-10-11/h8-9,11,20H,3-7,10H2,1-2H3/t11-/m1/s1. The molecule has 1 fully saturated rings. The maximum Gasteiger partial charge on any atom is 0.420 e. The topological polar surface area (TPSA) is 30.5 Å². The van der Waals surface area contributed by atoms with E-state index in [9.17, 15) is 13.2 Å². The highest BCUT2D eigenvalue weighted by atomic mass is 19.4. The normalized spacial score (nSPS) is 19.0. The molecule has 0 amide bonds. The van der Waals surface area contributed by atoms with Gasteiger partial charge < -0.3 is 14.8 Å². The summed E-state index contributed by atoms with van der Waals surface area (Å²) >= 11 is 0. The number of ether oxygens (including phenoxy) is 2. The number of nitrogens with one attached hydrogen (secondary N) is 1. The maximum atomic E-state index is 13.2. The SMILES string of the molecule is CCOc1cc(C(F)(F)F)c(OCC)cc1[C@@H]1CCCNC1. The van der Waals surface area contributed by atoms with Gasteiger partial charge in [0.15, 0.2) is 0 Å². The lowest BCUT2D eigenvalue weighted by Gasteiger charge is -2.26. The van der Waals surface area contributed by atoms with Crippen molar-refractivity contribution in [1.29, 1.82) is 0 Å². The number of rotatable bonds is 5. The molecule has 2 rings (SSSR count). The van der Waals surface area contributed by atoms with Crippen molar-refractivity contribution in [3.8, 4) is 11.5 Å². The molecular formula is C16H22F3NO2. The smallest absolute Gasteiger partial charge is 0.420 e. The van der Waals surface area contributed by atoms with Gasteiger partial charge in [0.1, 0.15) is 17.1 Å². The van der Waals surface area contributed by atoms with Gasteiger partial charge in [-0.2, -0.15) is 13.2 Å². The maximum absolute atomic E-state index is 13.2. The Morgan fingerprint density at radius 2 is 1.82 bits per heavy atom. The second-order valence-electron chi connectivity index (χ2n) is 5.29. The van der Waals surface area contributed by atoms with Crippen molar-refractivity contribution in [3.05, 3.63) is 23.3 Å². The van der Waals surface area contributed by atoms with Crippen LogP contribution in [0.3, 0.4) is 0 Å². The minimum Gasteiger partial charge on any atom is -0.494 e. The Morgan fingerprint density at radius 1 is 1.14 bits per heavy atom. The van der Waals surface area contributed by atoms with E-state index < -0.39 is 11.7 Å². The summed E-state index contributed by atoms with van der Waals surface area (Å²) in [5.41, 5.74) is 0.0239. The van der Waals surface area contributed by atoms with E-state index in [-0.39, 0.29) is 18.3 Å². The van der Waals surface area contributed by atoms with E-state index in [2.05, 4.69) is 5.32 Å². The molecule has 0 radical (unpaired) electrons. The predicted octanol–water partition coefficient (Wildman–Crippen LogP) is 3.97. The first-order chi connectivity index (χ1) is 10.5. The first-order valence-corrected chi connectivity index (χ1v) is 7.68. The van der Waals surface area contributed by atoms with E-state index in [0.29, 0.717) is 12.4 Å². The molecule has 1 aliphatic rings. The molecular weight excluding hydrogens is 295 g/mol. The lowest BCUT2D eigenvalue weighted by Crippen LogP contribution is -2.28. The lowest BCUT2D eigenvalue weighted by atomic mass is 9.90. The number of alkyl halides is 3. The summed E-state index contributed by atoms with van der Waals surface area (Å²) < 4.78 is 50.4. The highest BCUT2D eigenvalue weighted by molar-refractivity contribution is 5.49. The number of hydrogen-bond acceptors (Lipinski definition) is 3. The summed E-state index contributed by atoms with van der Waals surface area (Å²) in [6.45, 7) is 5.67. The molecule has 0 bridgehead atoms. The number of benzene rings is 1. The van der Waals surface area contributed by atoms with Gasteiger partial charge in [0.2, 0.25) is 0 Å². The monoisotopic (exact) mass is 317 g/mol. The van der Waals surface area contributed by atoms with Gasteiger partial charge in [-0.15, -0.1) is 0 Å². The van der Waals surface area contributed by atoms with E-state index in [1.807, 2.05) is 0 Å². The van der Waals surface area contributed by atoms with Crippen molar-refractivity contribution in [3.63, 3.8) is 0 Å². The van der Waals surface area contributed by atoms with Crippen LogP contribution in [0.1, 0.15) is 43.7 Å². The third-order valence-electron chi connectivity index (χ3n) is 3.75. The molecule has 1 aromatic carbocycles. The van der Waals surface area contributed by atoms with Crippen LogP contribution >= 0.6 is 0 Å². The van der Waals surface area contributed by atoms with Crippen molar-refractivity contribution >= 4 is 0 Å². The largest absolute Gasteiger partial charge is 0.494 e. The number of hydrogen-bond donors (Lipinski definition) is 1. The summed E-state index contributed by atoms with van der Waals surface area (Å²) in [7, 11) is 0. The van der Waals surface area contributed by atoms with Gasteiger partial charge >= 0.3 is 6.18 Å². The molecule has 1 atom stereocenters. The van der Waals surface area contributed by atoms with Crippen LogP contribution in [0.15, 0.2) is 12.1 Å². The van der Waals surface area contributed by atoms with Gasteiger partial charge in [-0.3, -0.25) is 0 Å². The van der Waals surface area contributed by atoms with E-state index in [1.165, 1.54) is 6.07 Å². The molecule has 1 N–H and O–H groups in total. The summed E-state index contributed by atoms with van der Waals surface area (Å²) in [6.07, 6.45) is -2.52. The quantitative estimate of drug-likeness (QED) is 0.891. The molecule has 0 aromatic heterocycles. The van der Waals surface area contributed by atoms with Gasteiger partial charge in [0.05, 0.1) is 13.2 Å². The van der Waals surface area contributed by atoms with Crippen molar-refractivity contribution in [2.75, 3.05) is 26.3 Å². The van der Waals surface area contributed by atoms with Crippen molar-refractivity contribution in [2.24, 2.45) is 0 Å². The molecule has 1 heterocycles. The third kappa shape index (κ3) is 3.85. The average Bonchev–Trinajstić information content (AvgIpc) is 2.48. The highest BCUT2D eigenvalue weighted by Gasteiger charge is 2.36. The van der Waals surface area contributed by atoms with E-state index in [4.69, 9.17) is 9.47 Å². The Hall–Kier alpha value is -1.43. The Kier molecular flexibility index (Phi) is 5.56. The van der Waals surface area contributed by atoms with Crippen LogP contribution in [-0.4, -0.2) is 26.3 Å². The van der Waals surface area contributed by atoms with Crippen molar-refractivity contribution < 1.29 is 22.6 Å². The van der Waals surface area contributed by atoms with Crippen LogP contribution in [0.4, 0.5) is 13.2 Å². The molecule has 3 nitrogen and oxygen atoms in total. The molecule has 124 valence electrons. The van der Waals surface area contributed by atoms with Crippen LogP contribution < -0.4 is 14.8 Å². The second-order valence-corrected chi connectivity index (χ2v) is 5.29. The number of halogens is 3. The van der Waals surface area contributed by atoms with Gasteiger partial charge in [-0.25, -0.2) is 0 Å². The fourth-order valence-electron chi connectivity index (χ4n) is 2.79. The first kappa shape index (κ1) is 16.9. The van der Waals surface area contributed by atoms with E-state index in [0.717, 1.165) is 37.6 Å². The fraction of sp³-hybridized carbons (Fsp3) is 0.625. The number of piperidine rings is 1. The minimum absolute atomic E-state index is 0.112. The summed E-state index contributed by atoms with van der Waals surface area (Å²) in [5.74, 6) is 0.350. The van der Waals surface area contributed by atoms with Gasteiger partial charge in [0.25, 0.3) is 0 Å². The molecule has 1 aromatic rings. The zero-order chi connectivity index (χ0) is 16.2. The Balaban J connectivity index is 2.48. The molecule has 0 spiro atoms. The van der Waals surface area contributed by atoms with Crippen LogP contribution in [0.25, 0.3) is 0 Å². The van der Waals surface area contributed by atoms with Crippen molar-refractivity contribution in [1.82, 2.24) is 5.32 Å². The van der Waals surface area contributed by atoms with Crippen molar-refractivity contribution in [2.45, 2.75) is 38.8 Å². The summed E-state index contributed by atoms with van der Waals surface area (Å²) in [6, 6.07) is 2.59. The average molecular weight is 317 g/mol. The van der Waals surface area contributed by atoms with E-state index >= 15 is 0 Å². The van der Waals surface area contributed by atoms with E-state index in [1.54, 1.807) is 13.8 Å². The molecule has 0 unspecified atom stereocenters. The summed E-state index contributed by atoms with van der Waals surface area (Å²) in [4.78, 5) is 0. The third-order valence-corrected chi connectivity index (χ3v) is 3.75. The fourth-order valence-corrected chi connectivity index (χ4v) is 2.79. The van der Waals surface area contributed by atoms with Crippen LogP contribution in [0, 0.1) is 0 Å². The molecule has 6 heteroatoms. The predicted molar refractivity (Wildman–Crippen MR) is 78.6 cm³/mol. The Morgan fingerprint density at radius 3 is 2.36 bits per heavy atom. The van der Waals surface area contributed by atoms with Crippen LogP contribution in [0.2, 0.25) is 0 Å². The first-order valence-electron chi connectivity index (χ1n) is 7.68. The molecule has 0 saturated carbocycles. The Bertz CT molecular complexity index is 497. The summed E-state index contributed by atoms with van der Waals surface area (Å²) in [5, 5.41) is 3.28. The molecule has 22 heavy (non-hydrogen) atoms. The minimum atomic E-state index is -4.46. The van der Waals surface area contributed by atoms with Crippen LogP contribution in [0.5, 0.6) is 11.5 Å².